The molecule has 352 valence electrons. The Bertz CT molecular complexity index is 974. The lowest BCUT2D eigenvalue weighted by molar-refractivity contribution is -0.870. The number of nitrogens with one attached hydrogen (secondary N) is 1. The van der Waals surface area contributed by atoms with Crippen LogP contribution in [-0.4, -0.2) is 73.4 Å². The molecule has 0 aliphatic carbocycles. The van der Waals surface area contributed by atoms with Gasteiger partial charge in [-0.15, -0.1) is 0 Å². The molecule has 0 rings (SSSR count). The van der Waals surface area contributed by atoms with Crippen molar-refractivity contribution in [1.29, 1.82) is 0 Å². The average molecular weight is 858 g/mol. The highest BCUT2D eigenvalue weighted by atomic mass is 31.2. The lowest BCUT2D eigenvalue weighted by atomic mass is 10.0. The van der Waals surface area contributed by atoms with Gasteiger partial charge in [-0.05, 0) is 19.3 Å². The lowest BCUT2D eigenvalue weighted by Gasteiger charge is -2.25. The zero-order valence-electron chi connectivity index (χ0n) is 40.0. The van der Waals surface area contributed by atoms with Crippen LogP contribution in [0.15, 0.2) is 12.2 Å². The molecule has 0 radical (unpaired) electrons. The number of unbranched alkanes of at least 4 members (excludes halogenated alkanes) is 34. The molecule has 0 saturated heterocycles. The van der Waals surface area contributed by atoms with E-state index in [0.717, 1.165) is 44.9 Å². The van der Waals surface area contributed by atoms with Crippen molar-refractivity contribution in [3.8, 4) is 0 Å². The Morgan fingerprint density at radius 2 is 0.898 bits per heavy atom. The molecule has 0 aromatic carbocycles. The van der Waals surface area contributed by atoms with Gasteiger partial charge in [0.2, 0.25) is 5.91 Å². The molecule has 8 nitrogen and oxygen atoms in total. The number of phosphoric ester groups is 1. The number of allylic oxidation sites excluding steroid dienone is 1. The van der Waals surface area contributed by atoms with Crippen LogP contribution < -0.4 is 5.32 Å². The van der Waals surface area contributed by atoms with Gasteiger partial charge in [-0.25, -0.2) is 4.57 Å². The third-order valence-corrected chi connectivity index (χ3v) is 12.7. The number of aliphatic hydroxyl groups is 1. The molecule has 0 aliphatic rings. The fraction of sp³-hybridized carbons (Fsp3) is 0.940. The summed E-state index contributed by atoms with van der Waals surface area (Å²) in [7, 11) is 1.58. The van der Waals surface area contributed by atoms with Crippen LogP contribution in [-0.2, 0) is 18.4 Å². The molecule has 59 heavy (non-hydrogen) atoms. The third kappa shape index (κ3) is 45.1. The second-order valence-corrected chi connectivity index (χ2v) is 20.4. The zero-order chi connectivity index (χ0) is 43.6. The molecule has 3 atom stereocenters. The van der Waals surface area contributed by atoms with Crippen molar-refractivity contribution in [2.75, 3.05) is 40.9 Å². The number of nitrogens with zero attached hydrogens (tertiary/aromatic N) is 1. The highest BCUT2D eigenvalue weighted by Gasteiger charge is 2.27. The van der Waals surface area contributed by atoms with Crippen LogP contribution in [0.5, 0.6) is 0 Å². The number of hydrogen-bond donors (Lipinski definition) is 3. The van der Waals surface area contributed by atoms with Crippen LogP contribution in [0.3, 0.4) is 0 Å². The smallest absolute Gasteiger partial charge is 0.387 e. The molecule has 0 heterocycles. The number of phosphoric acid groups is 1. The Morgan fingerprint density at radius 1 is 0.559 bits per heavy atom. The fourth-order valence-electron chi connectivity index (χ4n) is 7.69. The highest BCUT2D eigenvalue weighted by molar-refractivity contribution is 7.47. The van der Waals surface area contributed by atoms with Gasteiger partial charge in [-0.3, -0.25) is 13.8 Å². The summed E-state index contributed by atoms with van der Waals surface area (Å²) in [5.74, 6) is -0.179. The van der Waals surface area contributed by atoms with Gasteiger partial charge >= 0.3 is 7.82 Å². The largest absolute Gasteiger partial charge is 0.472 e. The van der Waals surface area contributed by atoms with E-state index >= 15 is 0 Å². The number of carbonyl (C=O) groups excluding carboxylic acids is 1. The van der Waals surface area contributed by atoms with E-state index in [1.165, 1.54) is 186 Å². The predicted molar refractivity (Wildman–Crippen MR) is 254 cm³/mol. The number of amides is 1. The lowest BCUT2D eigenvalue weighted by Crippen LogP contribution is -2.45. The summed E-state index contributed by atoms with van der Waals surface area (Å²) < 4.78 is 23.4. The number of hydrogen-bond acceptors (Lipinski definition) is 5. The Labute approximate surface area is 367 Å². The molecule has 3 unspecified atom stereocenters. The first-order valence-corrected chi connectivity index (χ1v) is 27.1. The summed E-state index contributed by atoms with van der Waals surface area (Å²) in [5, 5.41) is 13.6. The van der Waals surface area contributed by atoms with Gasteiger partial charge < -0.3 is 19.8 Å². The van der Waals surface area contributed by atoms with Crippen molar-refractivity contribution in [3.63, 3.8) is 0 Å². The zero-order valence-corrected chi connectivity index (χ0v) is 40.9. The maximum absolute atomic E-state index is 12.8. The van der Waals surface area contributed by atoms with Gasteiger partial charge in [0.25, 0.3) is 0 Å². The van der Waals surface area contributed by atoms with E-state index in [2.05, 4.69) is 19.2 Å². The van der Waals surface area contributed by atoms with Crippen molar-refractivity contribution in [2.45, 2.75) is 264 Å². The van der Waals surface area contributed by atoms with Gasteiger partial charge in [0.15, 0.2) is 0 Å². The van der Waals surface area contributed by atoms with Crippen LogP contribution in [0.4, 0.5) is 0 Å². The fourth-order valence-corrected chi connectivity index (χ4v) is 8.43. The molecule has 0 bridgehead atoms. The van der Waals surface area contributed by atoms with Crippen molar-refractivity contribution in [1.82, 2.24) is 5.32 Å². The Balaban J connectivity index is 3.75. The van der Waals surface area contributed by atoms with Gasteiger partial charge in [0.1, 0.15) is 13.2 Å². The molecule has 0 fully saturated rings. The Kier molecular flexibility index (Phi) is 42.0. The minimum Gasteiger partial charge on any atom is -0.387 e. The van der Waals surface area contributed by atoms with Crippen molar-refractivity contribution in [2.24, 2.45) is 0 Å². The summed E-state index contributed by atoms with van der Waals surface area (Å²) in [4.78, 5) is 22.9. The van der Waals surface area contributed by atoms with Gasteiger partial charge in [-0.1, -0.05) is 238 Å². The van der Waals surface area contributed by atoms with E-state index in [9.17, 15) is 19.4 Å². The van der Waals surface area contributed by atoms with E-state index in [4.69, 9.17) is 9.05 Å². The summed E-state index contributed by atoms with van der Waals surface area (Å²) in [5.41, 5.74) is 0. The number of rotatable bonds is 47. The molecular formula is C50H102N2O6P+. The topological polar surface area (TPSA) is 105 Å². The molecule has 0 aromatic heterocycles. The minimum absolute atomic E-state index is 0.0634. The number of carbonyl (C=O) groups is 1. The first-order chi connectivity index (χ1) is 28.5. The summed E-state index contributed by atoms with van der Waals surface area (Å²) in [6, 6.07) is -0.837. The molecule has 3 N–H and O–H groups in total. The maximum atomic E-state index is 12.8. The van der Waals surface area contributed by atoms with E-state index in [1.54, 1.807) is 6.08 Å². The van der Waals surface area contributed by atoms with Crippen LogP contribution in [0.25, 0.3) is 0 Å². The molecular weight excluding hydrogens is 756 g/mol. The van der Waals surface area contributed by atoms with Crippen LogP contribution >= 0.6 is 7.82 Å². The van der Waals surface area contributed by atoms with E-state index in [0.29, 0.717) is 17.4 Å². The average Bonchev–Trinajstić information content (AvgIpc) is 3.19. The monoisotopic (exact) mass is 858 g/mol. The standard InChI is InChI=1S/C50H101N2O6P/c1-6-8-10-12-13-14-15-16-17-18-19-20-21-22-23-24-25-26-27-28-29-30-31-32-33-34-35-36-37-38-40-42-44-50(54)51-48(49(53)43-41-39-11-9-7-2)47-58-59(55,56)57-46-45-52(3,4)5/h41,43,48-49,53H,6-40,42,44-47H2,1-5H3,(H-,51,54,55,56)/p+1/b43-41+. The second-order valence-electron chi connectivity index (χ2n) is 18.9. The van der Waals surface area contributed by atoms with E-state index in [1.807, 2.05) is 27.2 Å². The maximum Gasteiger partial charge on any atom is 0.472 e. The predicted octanol–water partition coefficient (Wildman–Crippen LogP) is 14.7. The number of aliphatic hydroxyl groups excluding tert-OH is 1. The summed E-state index contributed by atoms with van der Waals surface area (Å²) >= 11 is 0. The van der Waals surface area contributed by atoms with Crippen LogP contribution in [0.2, 0.25) is 0 Å². The quantitative estimate of drug-likeness (QED) is 0.0244. The van der Waals surface area contributed by atoms with Gasteiger partial charge in [0, 0.05) is 6.42 Å². The van der Waals surface area contributed by atoms with E-state index in [-0.39, 0.29) is 19.1 Å². The first-order valence-electron chi connectivity index (χ1n) is 25.6. The molecule has 9 heteroatoms. The molecule has 0 aromatic rings. The van der Waals surface area contributed by atoms with Gasteiger partial charge in [-0.2, -0.15) is 0 Å². The third-order valence-electron chi connectivity index (χ3n) is 11.8. The van der Waals surface area contributed by atoms with Crippen molar-refractivity contribution in [3.05, 3.63) is 12.2 Å². The Hall–Kier alpha value is -0.760. The first kappa shape index (κ1) is 58.2. The highest BCUT2D eigenvalue weighted by Crippen LogP contribution is 2.43. The molecule has 1 amide bonds. The Morgan fingerprint density at radius 3 is 1.25 bits per heavy atom. The summed E-state index contributed by atoms with van der Waals surface area (Å²) in [6.45, 7) is 4.73. The van der Waals surface area contributed by atoms with E-state index < -0.39 is 20.0 Å². The number of likely N-dealkylation sites (N-methyl/N-ethyl adjacent to an activating group) is 1. The molecule has 0 spiro atoms. The summed E-state index contributed by atoms with van der Waals surface area (Å²) in [6.07, 6.45) is 50.9. The minimum atomic E-state index is -4.32. The van der Waals surface area contributed by atoms with Crippen LogP contribution in [0, 0.1) is 0 Å². The second kappa shape index (κ2) is 42.5. The molecule has 0 aliphatic heterocycles. The van der Waals surface area contributed by atoms with Gasteiger partial charge in [0.05, 0.1) is 39.9 Å². The SMILES string of the molecule is CCCCC/C=C/C(O)C(COP(=O)(O)OCC[N+](C)(C)C)NC(=O)CCCCCCCCCCCCCCCCCCCCCCCCCCCCCCCCCC. The molecule has 0 saturated carbocycles. The van der Waals surface area contributed by atoms with Crippen molar-refractivity contribution >= 4 is 13.7 Å². The van der Waals surface area contributed by atoms with Crippen molar-refractivity contribution < 1.29 is 32.9 Å². The normalized spacial score (nSPS) is 14.2. The number of quaternary nitrogens is 1. The van der Waals surface area contributed by atoms with Crippen LogP contribution in [0.1, 0.15) is 251 Å².